The Morgan fingerprint density at radius 3 is 2.80 bits per heavy atom. The van der Waals surface area contributed by atoms with Gasteiger partial charge in [0.05, 0.1) is 4.92 Å². The van der Waals surface area contributed by atoms with E-state index in [1.807, 2.05) is 13.8 Å². The van der Waals surface area contributed by atoms with Crippen LogP contribution in [0.1, 0.15) is 29.3 Å². The van der Waals surface area contributed by atoms with Gasteiger partial charge in [-0.25, -0.2) is 0 Å². The summed E-state index contributed by atoms with van der Waals surface area (Å²) in [5.74, 6) is 0.00154. The molecule has 1 aromatic rings. The molecule has 0 bridgehead atoms. The van der Waals surface area contributed by atoms with Gasteiger partial charge < -0.3 is 10.6 Å². The first-order chi connectivity index (χ1) is 9.43. The van der Waals surface area contributed by atoms with E-state index in [4.69, 9.17) is 5.73 Å². The van der Waals surface area contributed by atoms with Gasteiger partial charge in [0.15, 0.2) is 0 Å². The van der Waals surface area contributed by atoms with Gasteiger partial charge in [-0.3, -0.25) is 14.9 Å². The highest BCUT2D eigenvalue weighted by Crippen LogP contribution is 2.28. The first-order valence-electron chi connectivity index (χ1n) is 6.70. The van der Waals surface area contributed by atoms with Crippen LogP contribution < -0.4 is 5.73 Å². The highest BCUT2D eigenvalue weighted by molar-refractivity contribution is 5.98. The van der Waals surface area contributed by atoms with Crippen molar-refractivity contribution in [3.05, 3.63) is 39.4 Å². The monoisotopic (exact) mass is 277 g/mol. The summed E-state index contributed by atoms with van der Waals surface area (Å²) in [4.78, 5) is 24.8. The van der Waals surface area contributed by atoms with Crippen molar-refractivity contribution in [2.45, 2.75) is 26.3 Å². The van der Waals surface area contributed by atoms with Gasteiger partial charge in [0.2, 0.25) is 0 Å². The van der Waals surface area contributed by atoms with Crippen molar-refractivity contribution in [2.75, 3.05) is 13.1 Å². The topological polar surface area (TPSA) is 89.5 Å². The summed E-state index contributed by atoms with van der Waals surface area (Å²) in [6, 6.07) is 4.69. The number of nitrogens with two attached hydrogens (primary N) is 1. The number of nitro benzene ring substituents is 1. The Morgan fingerprint density at radius 2 is 2.25 bits per heavy atom. The smallest absolute Gasteiger partial charge is 0.282 e. The fourth-order valence-electron chi connectivity index (χ4n) is 2.73. The average molecular weight is 277 g/mol. The van der Waals surface area contributed by atoms with Gasteiger partial charge >= 0.3 is 0 Å². The summed E-state index contributed by atoms with van der Waals surface area (Å²) >= 11 is 0. The number of benzene rings is 1. The van der Waals surface area contributed by atoms with Crippen molar-refractivity contribution in [3.8, 4) is 0 Å². The molecule has 2 unspecified atom stereocenters. The molecule has 1 aliphatic rings. The lowest BCUT2D eigenvalue weighted by molar-refractivity contribution is -0.385. The lowest BCUT2D eigenvalue weighted by Gasteiger charge is -2.21. The summed E-state index contributed by atoms with van der Waals surface area (Å²) in [6.07, 6.45) is 0.849. The fraction of sp³-hybridized carbons (Fsp3) is 0.500. The third kappa shape index (κ3) is 2.65. The highest BCUT2D eigenvalue weighted by Gasteiger charge is 2.34. The number of nitrogens with zero attached hydrogens (tertiary/aromatic N) is 2. The molecule has 0 radical (unpaired) electrons. The number of hydrogen-bond acceptors (Lipinski definition) is 4. The van der Waals surface area contributed by atoms with Gasteiger partial charge in [0.25, 0.3) is 11.6 Å². The lowest BCUT2D eigenvalue weighted by Crippen LogP contribution is -2.34. The third-order valence-electron chi connectivity index (χ3n) is 3.83. The van der Waals surface area contributed by atoms with Crippen LogP contribution in [0.25, 0.3) is 0 Å². The van der Waals surface area contributed by atoms with Crippen LogP contribution in [0.4, 0.5) is 5.69 Å². The number of carbonyl (C=O) groups excluding carboxylic acids is 1. The van der Waals surface area contributed by atoms with Gasteiger partial charge in [-0.15, -0.1) is 0 Å². The molecule has 1 heterocycles. The Hall–Kier alpha value is -1.95. The minimum atomic E-state index is -0.506. The molecular formula is C14H19N3O3. The van der Waals surface area contributed by atoms with E-state index in [2.05, 4.69) is 0 Å². The summed E-state index contributed by atoms with van der Waals surface area (Å²) in [5, 5.41) is 11.1. The molecule has 108 valence electrons. The zero-order chi connectivity index (χ0) is 14.9. The maximum absolute atomic E-state index is 12.6. The molecule has 20 heavy (non-hydrogen) atoms. The normalized spacial score (nSPS) is 22.1. The van der Waals surface area contributed by atoms with Crippen LogP contribution in [0.5, 0.6) is 0 Å². The number of carbonyl (C=O) groups is 1. The average Bonchev–Trinajstić information content (AvgIpc) is 2.78. The first-order valence-corrected chi connectivity index (χ1v) is 6.70. The molecular weight excluding hydrogens is 258 g/mol. The van der Waals surface area contributed by atoms with E-state index in [1.165, 1.54) is 6.07 Å². The Balaban J connectivity index is 2.34. The van der Waals surface area contributed by atoms with Crippen molar-refractivity contribution in [3.63, 3.8) is 0 Å². The van der Waals surface area contributed by atoms with E-state index in [-0.39, 0.29) is 29.1 Å². The van der Waals surface area contributed by atoms with Crippen LogP contribution in [-0.2, 0) is 0 Å². The molecule has 0 aromatic heterocycles. The number of rotatable bonds is 3. The van der Waals surface area contributed by atoms with E-state index in [1.54, 1.807) is 17.0 Å². The summed E-state index contributed by atoms with van der Waals surface area (Å²) in [5.41, 5.74) is 6.52. The van der Waals surface area contributed by atoms with Crippen LogP contribution in [-0.4, -0.2) is 34.9 Å². The molecule has 1 saturated heterocycles. The Bertz CT molecular complexity index is 544. The zero-order valence-corrected chi connectivity index (χ0v) is 11.7. The van der Waals surface area contributed by atoms with Crippen molar-refractivity contribution < 1.29 is 9.72 Å². The highest BCUT2D eigenvalue weighted by atomic mass is 16.6. The quantitative estimate of drug-likeness (QED) is 0.672. The maximum Gasteiger partial charge on any atom is 0.282 e. The largest absolute Gasteiger partial charge is 0.335 e. The fourth-order valence-corrected chi connectivity index (χ4v) is 2.73. The minimum Gasteiger partial charge on any atom is -0.335 e. The number of amides is 1. The van der Waals surface area contributed by atoms with Gasteiger partial charge in [-0.05, 0) is 44.4 Å². The molecule has 6 heteroatoms. The predicted molar refractivity (Wildman–Crippen MR) is 75.5 cm³/mol. The molecule has 1 amide bonds. The van der Waals surface area contributed by atoms with Gasteiger partial charge in [0.1, 0.15) is 5.56 Å². The summed E-state index contributed by atoms with van der Waals surface area (Å²) in [6.45, 7) is 4.87. The Labute approximate surface area is 117 Å². The first kappa shape index (κ1) is 14.5. The predicted octanol–water partition coefficient (Wildman–Crippen LogP) is 1.71. The van der Waals surface area contributed by atoms with Gasteiger partial charge in [-0.1, -0.05) is 6.07 Å². The van der Waals surface area contributed by atoms with E-state index in [0.29, 0.717) is 13.1 Å². The molecule has 1 aliphatic heterocycles. The van der Waals surface area contributed by atoms with Gasteiger partial charge in [-0.2, -0.15) is 0 Å². The zero-order valence-electron chi connectivity index (χ0n) is 11.7. The SMILES string of the molecule is Cc1ccc([N+](=O)[O-])c(C(=O)N2CC(CN)CC2C)c1. The number of nitro groups is 1. The van der Waals surface area contributed by atoms with E-state index in [0.717, 1.165) is 12.0 Å². The second-order valence-corrected chi connectivity index (χ2v) is 5.42. The van der Waals surface area contributed by atoms with Crippen LogP contribution >= 0.6 is 0 Å². The maximum atomic E-state index is 12.6. The van der Waals surface area contributed by atoms with E-state index in [9.17, 15) is 14.9 Å². The van der Waals surface area contributed by atoms with Crippen LogP contribution in [0.15, 0.2) is 18.2 Å². The van der Waals surface area contributed by atoms with Crippen molar-refractivity contribution in [1.29, 1.82) is 0 Å². The minimum absolute atomic E-state index is 0.0659. The molecule has 0 spiro atoms. The summed E-state index contributed by atoms with van der Waals surface area (Å²) < 4.78 is 0. The molecule has 0 saturated carbocycles. The molecule has 0 aliphatic carbocycles. The van der Waals surface area contributed by atoms with Crippen molar-refractivity contribution in [1.82, 2.24) is 4.90 Å². The second kappa shape index (κ2) is 5.58. The van der Waals surface area contributed by atoms with Crippen LogP contribution in [0, 0.1) is 23.0 Å². The molecule has 1 fully saturated rings. The molecule has 2 rings (SSSR count). The van der Waals surface area contributed by atoms with E-state index >= 15 is 0 Å². The molecule has 2 N–H and O–H groups in total. The number of aryl methyl sites for hydroxylation is 1. The van der Waals surface area contributed by atoms with Crippen molar-refractivity contribution in [2.24, 2.45) is 11.7 Å². The summed E-state index contributed by atoms with van der Waals surface area (Å²) in [7, 11) is 0. The Kier molecular flexibility index (Phi) is 4.04. The number of hydrogen-bond donors (Lipinski definition) is 1. The third-order valence-corrected chi connectivity index (χ3v) is 3.83. The standard InChI is InChI=1S/C14H19N3O3/c1-9-3-4-13(17(19)20)12(5-9)14(18)16-8-11(7-15)6-10(16)2/h3-5,10-11H,6-8,15H2,1-2H3. The number of likely N-dealkylation sites (tertiary alicyclic amines) is 1. The van der Waals surface area contributed by atoms with E-state index < -0.39 is 4.92 Å². The van der Waals surface area contributed by atoms with Gasteiger partial charge in [0, 0.05) is 18.7 Å². The van der Waals surface area contributed by atoms with Crippen LogP contribution in [0.2, 0.25) is 0 Å². The molecule has 6 nitrogen and oxygen atoms in total. The Morgan fingerprint density at radius 1 is 1.55 bits per heavy atom. The molecule has 2 atom stereocenters. The van der Waals surface area contributed by atoms with Crippen molar-refractivity contribution >= 4 is 11.6 Å². The van der Waals surface area contributed by atoms with Crippen LogP contribution in [0.3, 0.4) is 0 Å². The second-order valence-electron chi connectivity index (χ2n) is 5.42. The lowest BCUT2D eigenvalue weighted by atomic mass is 10.1. The molecule has 1 aromatic carbocycles.